The highest BCUT2D eigenvalue weighted by atomic mass is 79.9. The molecule has 0 radical (unpaired) electrons. The molecule has 0 fully saturated rings. The number of non-ortho nitro benzene ring substituents is 2. The summed E-state index contributed by atoms with van der Waals surface area (Å²) in [5, 5.41) is 21.8. The summed E-state index contributed by atoms with van der Waals surface area (Å²) in [5.74, 6) is 0. The highest BCUT2D eigenvalue weighted by molar-refractivity contribution is 9.09. The van der Waals surface area contributed by atoms with E-state index in [0.717, 1.165) is 48.9 Å². The molecule has 0 unspecified atom stereocenters. The second-order valence-electron chi connectivity index (χ2n) is 9.98. The number of nitrogens with zero attached hydrogens (tertiary/aromatic N) is 3. The second-order valence-corrected chi connectivity index (χ2v) is 10.8. The molecule has 0 spiro atoms. The molecule has 7 nitrogen and oxygen atoms in total. The molecule has 0 saturated carbocycles. The minimum absolute atomic E-state index is 0.147. The Balaban J connectivity index is 0.000000248. The second kappa shape index (κ2) is 20.9. The first-order valence-corrected chi connectivity index (χ1v) is 15.8. The molecular weight excluding hydrogens is 606 g/mol. The summed E-state index contributed by atoms with van der Waals surface area (Å²) in [6, 6.07) is 34.5. The Morgan fingerprint density at radius 3 is 1.47 bits per heavy atom. The zero-order valence-electron chi connectivity index (χ0n) is 25.1. The van der Waals surface area contributed by atoms with E-state index in [9.17, 15) is 20.2 Å². The van der Waals surface area contributed by atoms with Crippen molar-refractivity contribution in [3.63, 3.8) is 0 Å². The minimum atomic E-state index is -0.391. The molecule has 0 aliphatic rings. The average Bonchev–Trinajstić information content (AvgIpc) is 3.04. The first-order chi connectivity index (χ1) is 20.9. The van der Waals surface area contributed by atoms with E-state index in [4.69, 9.17) is 0 Å². The molecule has 0 aliphatic heterocycles. The molecule has 0 aliphatic carbocycles. The number of alkyl halides is 1. The van der Waals surface area contributed by atoms with Crippen LogP contribution in [0.1, 0.15) is 48.9 Å². The number of nitro benzene ring substituents is 2. The zero-order valence-corrected chi connectivity index (χ0v) is 26.7. The number of aryl methyl sites for hydroxylation is 2. The standard InChI is InChI=1S/C17H20N2O2.C10H14.C8H8BrNO2/c1-2-18(14-16-6-4-3-5-7-16)13-12-15-8-10-17(11-9-15)19(20)21;1-2-3-7-10-8-5-4-6-9-10;9-6-5-7-1-3-8(4-2-7)10(11)12/h3-11H,2,12-14H2,1H3;4-6,8-9H,2-3,7H2,1H3;1-4H,5-6H2. The van der Waals surface area contributed by atoms with Crippen molar-refractivity contribution in [1.82, 2.24) is 4.90 Å². The molecule has 4 aromatic carbocycles. The van der Waals surface area contributed by atoms with Crippen LogP contribution in [-0.2, 0) is 25.8 Å². The number of hydrogen-bond acceptors (Lipinski definition) is 5. The van der Waals surface area contributed by atoms with Crippen LogP contribution in [0.15, 0.2) is 109 Å². The maximum absolute atomic E-state index is 10.6. The summed E-state index contributed by atoms with van der Waals surface area (Å²) in [5.41, 5.74) is 5.31. The van der Waals surface area contributed by atoms with Crippen molar-refractivity contribution < 1.29 is 9.85 Å². The first kappa shape index (κ1) is 35.3. The molecular formula is C35H42BrN3O4. The van der Waals surface area contributed by atoms with Gasteiger partial charge >= 0.3 is 0 Å². The molecule has 8 heteroatoms. The van der Waals surface area contributed by atoms with Crippen LogP contribution in [0.25, 0.3) is 0 Å². The molecule has 0 heterocycles. The summed E-state index contributed by atoms with van der Waals surface area (Å²) in [4.78, 5) is 22.5. The van der Waals surface area contributed by atoms with E-state index in [0.29, 0.717) is 0 Å². The average molecular weight is 649 g/mol. The highest BCUT2D eigenvalue weighted by Crippen LogP contribution is 2.14. The van der Waals surface area contributed by atoms with Gasteiger partial charge in [-0.25, -0.2) is 0 Å². The zero-order chi connectivity index (χ0) is 31.3. The molecule has 0 amide bonds. The van der Waals surface area contributed by atoms with Crippen molar-refractivity contribution in [3.8, 4) is 0 Å². The van der Waals surface area contributed by atoms with Gasteiger partial charge in [-0.3, -0.25) is 25.1 Å². The molecule has 228 valence electrons. The van der Waals surface area contributed by atoms with E-state index in [1.807, 2.05) is 18.2 Å². The van der Waals surface area contributed by atoms with Crippen LogP contribution in [0.4, 0.5) is 11.4 Å². The lowest BCUT2D eigenvalue weighted by molar-refractivity contribution is -0.385. The van der Waals surface area contributed by atoms with Crippen molar-refractivity contribution in [2.45, 2.75) is 52.5 Å². The van der Waals surface area contributed by atoms with Crippen LogP contribution in [0.3, 0.4) is 0 Å². The number of unbranched alkanes of at least 4 members (excludes halogenated alkanes) is 1. The lowest BCUT2D eigenvalue weighted by Gasteiger charge is -2.20. The van der Waals surface area contributed by atoms with E-state index >= 15 is 0 Å². The van der Waals surface area contributed by atoms with E-state index in [2.05, 4.69) is 89.3 Å². The van der Waals surface area contributed by atoms with Crippen molar-refractivity contribution >= 4 is 27.3 Å². The van der Waals surface area contributed by atoms with E-state index in [-0.39, 0.29) is 16.3 Å². The van der Waals surface area contributed by atoms with Crippen LogP contribution >= 0.6 is 15.9 Å². The van der Waals surface area contributed by atoms with Gasteiger partial charge in [-0.1, -0.05) is 121 Å². The number of likely N-dealkylation sites (N-methyl/N-ethyl adjacent to an activating group) is 1. The highest BCUT2D eigenvalue weighted by Gasteiger charge is 2.07. The van der Waals surface area contributed by atoms with Gasteiger partial charge in [-0.15, -0.1) is 0 Å². The van der Waals surface area contributed by atoms with E-state index in [1.54, 1.807) is 24.3 Å². The van der Waals surface area contributed by atoms with Crippen LogP contribution < -0.4 is 0 Å². The maximum atomic E-state index is 10.6. The van der Waals surface area contributed by atoms with Crippen LogP contribution in [0, 0.1) is 20.2 Å². The Bertz CT molecular complexity index is 1320. The Labute approximate surface area is 264 Å². The van der Waals surface area contributed by atoms with Gasteiger partial charge < -0.3 is 0 Å². The lowest BCUT2D eigenvalue weighted by Crippen LogP contribution is -2.25. The summed E-state index contributed by atoms with van der Waals surface area (Å²) in [7, 11) is 0. The number of hydrogen-bond donors (Lipinski definition) is 0. The topological polar surface area (TPSA) is 89.5 Å². The van der Waals surface area contributed by atoms with Gasteiger partial charge in [0.15, 0.2) is 0 Å². The fourth-order valence-corrected chi connectivity index (χ4v) is 4.64. The number of nitro groups is 2. The van der Waals surface area contributed by atoms with Gasteiger partial charge in [0, 0.05) is 42.7 Å². The predicted octanol–water partition coefficient (Wildman–Crippen LogP) is 9.22. The van der Waals surface area contributed by atoms with Crippen molar-refractivity contribution in [3.05, 3.63) is 152 Å². The molecule has 0 atom stereocenters. The molecule has 0 N–H and O–H groups in total. The van der Waals surface area contributed by atoms with Crippen molar-refractivity contribution in [1.29, 1.82) is 0 Å². The first-order valence-electron chi connectivity index (χ1n) is 14.7. The van der Waals surface area contributed by atoms with Gasteiger partial charge in [0.2, 0.25) is 0 Å². The quantitative estimate of drug-likeness (QED) is 0.0819. The smallest absolute Gasteiger partial charge is 0.269 e. The molecule has 4 aromatic rings. The Kier molecular flexibility index (Phi) is 17.2. The third kappa shape index (κ3) is 14.7. The van der Waals surface area contributed by atoms with Gasteiger partial charge in [0.1, 0.15) is 0 Å². The molecule has 43 heavy (non-hydrogen) atoms. The van der Waals surface area contributed by atoms with Crippen LogP contribution in [0.5, 0.6) is 0 Å². The van der Waals surface area contributed by atoms with Crippen molar-refractivity contribution in [2.24, 2.45) is 0 Å². The summed E-state index contributed by atoms with van der Waals surface area (Å²) in [6.07, 6.45) is 5.63. The van der Waals surface area contributed by atoms with Crippen molar-refractivity contribution in [2.75, 3.05) is 18.4 Å². The summed E-state index contributed by atoms with van der Waals surface area (Å²) < 4.78 is 0. The van der Waals surface area contributed by atoms with Gasteiger partial charge in [-0.2, -0.15) is 0 Å². The normalized spacial score (nSPS) is 10.2. The summed E-state index contributed by atoms with van der Waals surface area (Å²) >= 11 is 3.30. The molecule has 4 rings (SSSR count). The molecule has 0 saturated heterocycles. The molecule has 0 bridgehead atoms. The van der Waals surface area contributed by atoms with Gasteiger partial charge in [0.05, 0.1) is 9.85 Å². The Morgan fingerprint density at radius 1 is 0.605 bits per heavy atom. The molecule has 0 aromatic heterocycles. The number of rotatable bonds is 13. The summed E-state index contributed by atoms with van der Waals surface area (Å²) in [6.45, 7) is 7.25. The van der Waals surface area contributed by atoms with E-state index < -0.39 is 4.92 Å². The SMILES string of the molecule is CCCCc1ccccc1.CCN(CCc1ccc([N+](=O)[O-])cc1)Cc1ccccc1.O=[N+]([O-])c1ccc(CCBr)cc1. The van der Waals surface area contributed by atoms with E-state index in [1.165, 1.54) is 42.5 Å². The predicted molar refractivity (Wildman–Crippen MR) is 180 cm³/mol. The largest absolute Gasteiger partial charge is 0.299 e. The Hall–Kier alpha value is -3.88. The number of halogens is 1. The maximum Gasteiger partial charge on any atom is 0.269 e. The van der Waals surface area contributed by atoms with Crippen LogP contribution in [-0.4, -0.2) is 33.2 Å². The fraction of sp³-hybridized carbons (Fsp3) is 0.314. The fourth-order valence-electron chi connectivity index (χ4n) is 4.18. The third-order valence-electron chi connectivity index (χ3n) is 6.75. The van der Waals surface area contributed by atoms with Gasteiger partial charge in [-0.05, 0) is 54.5 Å². The van der Waals surface area contributed by atoms with Gasteiger partial charge in [0.25, 0.3) is 11.4 Å². The van der Waals surface area contributed by atoms with Crippen LogP contribution in [0.2, 0.25) is 0 Å². The minimum Gasteiger partial charge on any atom is -0.299 e. The monoisotopic (exact) mass is 647 g/mol. The Morgan fingerprint density at radius 2 is 1.05 bits per heavy atom. The third-order valence-corrected chi connectivity index (χ3v) is 7.15. The number of benzene rings is 4. The lowest BCUT2D eigenvalue weighted by atomic mass is 10.1.